The molecule has 0 radical (unpaired) electrons. The van der Waals surface area contributed by atoms with Crippen LogP contribution in [0, 0.1) is 0 Å². The number of carbonyl (C=O) groups is 1. The summed E-state index contributed by atoms with van der Waals surface area (Å²) in [4.78, 5) is 13.4. The summed E-state index contributed by atoms with van der Waals surface area (Å²) in [5.41, 5.74) is 8.49. The van der Waals surface area contributed by atoms with Crippen molar-refractivity contribution in [3.63, 3.8) is 0 Å². The van der Waals surface area contributed by atoms with Crippen LogP contribution in [0.15, 0.2) is 60.8 Å². The first-order valence-corrected chi connectivity index (χ1v) is 10.9. The largest absolute Gasteiger partial charge is 0.493 e. The molecule has 3 atom stereocenters. The number of benzene rings is 2. The van der Waals surface area contributed by atoms with Crippen LogP contribution < -0.4 is 20.1 Å². The third kappa shape index (κ3) is 5.33. The van der Waals surface area contributed by atoms with Gasteiger partial charge >= 0.3 is 0 Å². The molecule has 1 aliphatic heterocycles. The summed E-state index contributed by atoms with van der Waals surface area (Å²) in [5, 5.41) is 11.1. The first-order chi connectivity index (χ1) is 15.8. The fraction of sp³-hybridized carbons (Fsp3) is 0.320. The molecule has 0 bridgehead atoms. The Bertz CT molecular complexity index is 1060. The number of methoxy groups -OCH3 is 2. The molecule has 0 fully saturated rings. The van der Waals surface area contributed by atoms with Crippen molar-refractivity contribution in [2.45, 2.75) is 31.2 Å². The Kier molecular flexibility index (Phi) is 8.02. The number of nitrogens with two attached hydrogens (primary N) is 1. The molecule has 3 N–H and O–H groups in total. The van der Waals surface area contributed by atoms with Crippen molar-refractivity contribution in [1.29, 1.82) is 0 Å². The standard InChI is InChI=1S/C25H29ClN2O5/c1-5-7-20-22(13-16(29)14-23(27)30)33-24(17-8-6-9-21(31-3)25(17)32-4)18-12-15(26)10-11-19(18)28(20)2/h5-12,16,22,24,29H,1,13-14H2,2-4H3,(H2,27,30)/b20-7-/t16?,22-,24-/m1/s1. The van der Waals surface area contributed by atoms with E-state index >= 15 is 0 Å². The number of aliphatic hydroxyl groups excluding tert-OH is 1. The van der Waals surface area contributed by atoms with Crippen molar-refractivity contribution >= 4 is 23.2 Å². The van der Waals surface area contributed by atoms with Crippen LogP contribution in [0.3, 0.4) is 0 Å². The molecule has 0 aliphatic carbocycles. The van der Waals surface area contributed by atoms with E-state index in [0.717, 1.165) is 22.5 Å². The van der Waals surface area contributed by atoms with Gasteiger partial charge in [0, 0.05) is 41.0 Å². The third-order valence-electron chi connectivity index (χ3n) is 5.58. The van der Waals surface area contributed by atoms with E-state index < -0.39 is 24.2 Å². The second kappa shape index (κ2) is 10.7. The normalized spacial score (nSPS) is 20.0. The molecule has 0 spiro atoms. The summed E-state index contributed by atoms with van der Waals surface area (Å²) in [6, 6.07) is 11.1. The maximum absolute atomic E-state index is 11.4. The van der Waals surface area contributed by atoms with Gasteiger partial charge in [-0.3, -0.25) is 4.79 Å². The Morgan fingerprint density at radius 3 is 2.70 bits per heavy atom. The van der Waals surface area contributed by atoms with Gasteiger partial charge in [0.05, 0.1) is 26.7 Å². The number of primary amides is 1. The molecule has 2 aromatic rings. The zero-order valence-electron chi connectivity index (χ0n) is 19.0. The lowest BCUT2D eigenvalue weighted by Gasteiger charge is -2.28. The maximum Gasteiger partial charge on any atom is 0.220 e. The number of rotatable bonds is 8. The van der Waals surface area contributed by atoms with Crippen LogP contribution in [-0.4, -0.2) is 44.5 Å². The van der Waals surface area contributed by atoms with Crippen molar-refractivity contribution < 1.29 is 24.1 Å². The maximum atomic E-state index is 11.4. The number of aliphatic hydroxyl groups is 1. The van der Waals surface area contributed by atoms with Gasteiger partial charge in [-0.05, 0) is 30.3 Å². The lowest BCUT2D eigenvalue weighted by atomic mass is 9.98. The molecule has 0 saturated carbocycles. The monoisotopic (exact) mass is 472 g/mol. The average molecular weight is 473 g/mol. The van der Waals surface area contributed by atoms with E-state index in [9.17, 15) is 9.90 Å². The Morgan fingerprint density at radius 2 is 2.06 bits per heavy atom. The molecule has 1 aliphatic rings. The van der Waals surface area contributed by atoms with Crippen LogP contribution in [0.4, 0.5) is 5.69 Å². The highest BCUT2D eigenvalue weighted by Gasteiger charge is 2.35. The number of likely N-dealkylation sites (N-methyl/N-ethyl adjacent to an activating group) is 1. The molecule has 0 saturated heterocycles. The molecular weight excluding hydrogens is 444 g/mol. The summed E-state index contributed by atoms with van der Waals surface area (Å²) in [7, 11) is 5.05. The first kappa shape index (κ1) is 24.6. The van der Waals surface area contributed by atoms with Crippen molar-refractivity contribution in [2.75, 3.05) is 26.2 Å². The van der Waals surface area contributed by atoms with Gasteiger partial charge in [0.2, 0.25) is 5.91 Å². The van der Waals surface area contributed by atoms with E-state index in [4.69, 9.17) is 31.5 Å². The number of allylic oxidation sites excluding steroid dienone is 2. The van der Waals surface area contributed by atoms with E-state index in [0.29, 0.717) is 16.5 Å². The molecule has 176 valence electrons. The summed E-state index contributed by atoms with van der Waals surface area (Å²) in [6.07, 6.45) is 1.29. The molecule has 3 rings (SSSR count). The Hall–Kier alpha value is -3.00. The van der Waals surface area contributed by atoms with Gasteiger partial charge < -0.3 is 30.0 Å². The second-order valence-electron chi connectivity index (χ2n) is 7.74. The number of ether oxygens (including phenoxy) is 3. The zero-order chi connectivity index (χ0) is 24.1. The number of para-hydroxylation sites is 1. The van der Waals surface area contributed by atoms with Gasteiger partial charge in [-0.25, -0.2) is 0 Å². The highest BCUT2D eigenvalue weighted by molar-refractivity contribution is 6.30. The lowest BCUT2D eigenvalue weighted by molar-refractivity contribution is -0.120. The minimum absolute atomic E-state index is 0.150. The topological polar surface area (TPSA) is 94.2 Å². The number of halogens is 1. The highest BCUT2D eigenvalue weighted by atomic mass is 35.5. The predicted octanol–water partition coefficient (Wildman–Crippen LogP) is 3.98. The minimum Gasteiger partial charge on any atom is -0.493 e. The van der Waals surface area contributed by atoms with Gasteiger partial charge in [-0.2, -0.15) is 0 Å². The molecule has 33 heavy (non-hydrogen) atoms. The number of amides is 1. The number of nitrogens with zero attached hydrogens (tertiary/aromatic N) is 1. The van der Waals surface area contributed by atoms with Gasteiger partial charge in [-0.15, -0.1) is 0 Å². The van der Waals surface area contributed by atoms with Crippen molar-refractivity contribution in [1.82, 2.24) is 0 Å². The fourth-order valence-electron chi connectivity index (χ4n) is 4.14. The van der Waals surface area contributed by atoms with Crippen molar-refractivity contribution in [3.8, 4) is 11.5 Å². The smallest absolute Gasteiger partial charge is 0.220 e. The molecule has 2 aromatic carbocycles. The van der Waals surface area contributed by atoms with Gasteiger partial charge in [0.25, 0.3) is 0 Å². The number of fused-ring (bicyclic) bond motifs is 1. The van der Waals surface area contributed by atoms with Crippen molar-refractivity contribution in [3.05, 3.63) is 77.0 Å². The molecule has 8 heteroatoms. The van der Waals surface area contributed by atoms with Crippen LogP contribution in [-0.2, 0) is 9.53 Å². The number of anilines is 1. The fourth-order valence-corrected chi connectivity index (χ4v) is 4.32. The summed E-state index contributed by atoms with van der Waals surface area (Å²) >= 11 is 6.39. The lowest BCUT2D eigenvalue weighted by Crippen LogP contribution is -2.32. The van der Waals surface area contributed by atoms with Crippen LogP contribution in [0.2, 0.25) is 5.02 Å². The van der Waals surface area contributed by atoms with Gasteiger partial charge in [0.15, 0.2) is 11.5 Å². The van der Waals surface area contributed by atoms with Crippen molar-refractivity contribution in [2.24, 2.45) is 5.73 Å². The first-order valence-electron chi connectivity index (χ1n) is 10.5. The van der Waals surface area contributed by atoms with Gasteiger partial charge in [0.1, 0.15) is 12.2 Å². The zero-order valence-corrected chi connectivity index (χ0v) is 19.7. The van der Waals surface area contributed by atoms with Gasteiger partial charge in [-0.1, -0.05) is 36.4 Å². The molecular formula is C25H29ClN2O5. The van der Waals surface area contributed by atoms with Crippen LogP contribution in [0.1, 0.15) is 30.1 Å². The average Bonchev–Trinajstić information content (AvgIpc) is 2.88. The molecule has 1 unspecified atom stereocenters. The molecule has 7 nitrogen and oxygen atoms in total. The number of hydrogen-bond donors (Lipinski definition) is 2. The summed E-state index contributed by atoms with van der Waals surface area (Å²) in [6.45, 7) is 3.83. The minimum atomic E-state index is -0.980. The number of hydrogen-bond acceptors (Lipinski definition) is 6. The van der Waals surface area contributed by atoms with E-state index in [1.165, 1.54) is 0 Å². The van der Waals surface area contributed by atoms with Crippen LogP contribution in [0.5, 0.6) is 11.5 Å². The van der Waals surface area contributed by atoms with E-state index in [1.54, 1.807) is 26.4 Å². The summed E-state index contributed by atoms with van der Waals surface area (Å²) in [5.74, 6) is 0.512. The predicted molar refractivity (Wildman–Crippen MR) is 129 cm³/mol. The molecule has 1 heterocycles. The number of carbonyl (C=O) groups excluding carboxylic acids is 1. The highest BCUT2D eigenvalue weighted by Crippen LogP contribution is 2.46. The Labute approximate surface area is 199 Å². The Morgan fingerprint density at radius 1 is 1.30 bits per heavy atom. The third-order valence-corrected chi connectivity index (χ3v) is 5.81. The Balaban J connectivity index is 2.20. The van der Waals surface area contributed by atoms with E-state index in [1.807, 2.05) is 48.4 Å². The van der Waals surface area contributed by atoms with E-state index in [-0.39, 0.29) is 12.8 Å². The quantitative estimate of drug-likeness (QED) is 0.603. The van der Waals surface area contributed by atoms with Crippen LogP contribution >= 0.6 is 11.6 Å². The SMILES string of the molecule is C=C/C=C1/[C@@H](CC(O)CC(N)=O)O[C@H](c2cccc(OC)c2OC)c2cc(Cl)ccc2N1C. The second-order valence-corrected chi connectivity index (χ2v) is 8.17. The molecule has 1 amide bonds. The molecule has 0 aromatic heterocycles. The summed E-state index contributed by atoms with van der Waals surface area (Å²) < 4.78 is 17.8. The van der Waals surface area contributed by atoms with Crippen LogP contribution in [0.25, 0.3) is 0 Å². The van der Waals surface area contributed by atoms with E-state index in [2.05, 4.69) is 6.58 Å².